The fourth-order valence-electron chi connectivity index (χ4n) is 3.89. The van der Waals surface area contributed by atoms with Gasteiger partial charge in [-0.15, -0.1) is 6.58 Å². The van der Waals surface area contributed by atoms with Crippen molar-refractivity contribution in [2.75, 3.05) is 4.31 Å². The molecule has 2 unspecified atom stereocenters. The summed E-state index contributed by atoms with van der Waals surface area (Å²) in [6.07, 6.45) is 1.44. The number of benzene rings is 3. The van der Waals surface area contributed by atoms with Crippen LogP contribution >= 0.6 is 0 Å². The summed E-state index contributed by atoms with van der Waals surface area (Å²) in [7, 11) is -4.13. The van der Waals surface area contributed by atoms with Crippen LogP contribution in [0, 0.1) is 12.7 Å². The van der Waals surface area contributed by atoms with Gasteiger partial charge in [0.2, 0.25) is 0 Å². The van der Waals surface area contributed by atoms with Gasteiger partial charge in [-0.05, 0) is 31.2 Å². The van der Waals surface area contributed by atoms with Gasteiger partial charge in [-0.3, -0.25) is 9.10 Å². The van der Waals surface area contributed by atoms with Crippen LogP contribution in [0.5, 0.6) is 0 Å². The molecule has 152 valence electrons. The number of nitrogens with zero attached hydrogens (tertiary/aromatic N) is 1. The summed E-state index contributed by atoms with van der Waals surface area (Å²) in [4.78, 5) is 13.5. The maximum absolute atomic E-state index is 14.8. The minimum Gasteiger partial charge on any atom is -0.292 e. The number of aryl methyl sites for hydroxylation is 1. The van der Waals surface area contributed by atoms with E-state index in [-0.39, 0.29) is 16.1 Å². The molecule has 4 rings (SSSR count). The fourth-order valence-corrected chi connectivity index (χ4v) is 5.54. The van der Waals surface area contributed by atoms with Crippen LogP contribution in [0.15, 0.2) is 90.3 Å². The quantitative estimate of drug-likeness (QED) is 0.437. The number of anilines is 1. The number of carbonyl (C=O) groups is 1. The van der Waals surface area contributed by atoms with Crippen LogP contribution in [0.4, 0.5) is 10.1 Å². The number of carbonyl (C=O) groups excluding carboxylic acids is 1. The predicted octanol–water partition coefficient (Wildman–Crippen LogP) is 4.86. The molecule has 3 aromatic carbocycles. The number of hydrogen-bond donors (Lipinski definition) is 0. The van der Waals surface area contributed by atoms with Crippen LogP contribution in [0.1, 0.15) is 27.4 Å². The SMILES string of the molecule is C=CC1c2c(F)cccc2N(S(=O)(=O)c2ccc(C)cc2)C1C(=O)c1ccccc1. The van der Waals surface area contributed by atoms with Crippen molar-refractivity contribution in [3.05, 3.63) is 108 Å². The van der Waals surface area contributed by atoms with E-state index in [0.29, 0.717) is 5.56 Å². The van der Waals surface area contributed by atoms with Crippen molar-refractivity contribution in [2.45, 2.75) is 23.8 Å². The van der Waals surface area contributed by atoms with Crippen molar-refractivity contribution in [1.82, 2.24) is 0 Å². The van der Waals surface area contributed by atoms with Gasteiger partial charge in [0.1, 0.15) is 11.9 Å². The second kappa shape index (κ2) is 7.54. The monoisotopic (exact) mass is 421 g/mol. The van der Waals surface area contributed by atoms with E-state index < -0.39 is 33.6 Å². The van der Waals surface area contributed by atoms with Crippen molar-refractivity contribution in [1.29, 1.82) is 0 Å². The van der Waals surface area contributed by atoms with Crippen molar-refractivity contribution in [3.8, 4) is 0 Å². The zero-order chi connectivity index (χ0) is 21.5. The normalized spacial score (nSPS) is 18.1. The second-order valence-corrected chi connectivity index (χ2v) is 9.04. The molecule has 0 radical (unpaired) electrons. The van der Waals surface area contributed by atoms with Gasteiger partial charge in [0, 0.05) is 17.0 Å². The van der Waals surface area contributed by atoms with Crippen LogP contribution in [0.2, 0.25) is 0 Å². The van der Waals surface area contributed by atoms with Gasteiger partial charge in [-0.25, -0.2) is 12.8 Å². The van der Waals surface area contributed by atoms with Crippen LogP contribution in [-0.4, -0.2) is 20.2 Å². The lowest BCUT2D eigenvalue weighted by Crippen LogP contribution is -2.44. The number of Topliss-reactive ketones (excluding diaryl/α,β-unsaturated/α-hetero) is 1. The minimum absolute atomic E-state index is 0.0406. The summed E-state index contributed by atoms with van der Waals surface area (Å²) in [6, 6.07) is 17.9. The summed E-state index contributed by atoms with van der Waals surface area (Å²) in [5.74, 6) is -1.79. The first kappa shape index (κ1) is 20.0. The van der Waals surface area contributed by atoms with Gasteiger partial charge in [-0.2, -0.15) is 0 Å². The lowest BCUT2D eigenvalue weighted by atomic mass is 9.90. The Kier molecular flexibility index (Phi) is 5.03. The summed E-state index contributed by atoms with van der Waals surface area (Å²) < 4.78 is 43.1. The first-order valence-electron chi connectivity index (χ1n) is 9.47. The van der Waals surface area contributed by atoms with Gasteiger partial charge in [0.25, 0.3) is 10.0 Å². The summed E-state index contributed by atoms with van der Waals surface area (Å²) in [5.41, 5.74) is 1.58. The molecule has 0 aromatic heterocycles. The number of sulfonamides is 1. The average Bonchev–Trinajstić information content (AvgIpc) is 3.10. The molecular weight excluding hydrogens is 401 g/mol. The highest BCUT2D eigenvalue weighted by Gasteiger charge is 2.48. The first-order valence-corrected chi connectivity index (χ1v) is 10.9. The molecule has 2 atom stereocenters. The molecule has 0 bridgehead atoms. The third-order valence-electron chi connectivity index (χ3n) is 5.35. The Hall–Kier alpha value is -3.25. The van der Waals surface area contributed by atoms with Gasteiger partial charge < -0.3 is 0 Å². The smallest absolute Gasteiger partial charge is 0.265 e. The van der Waals surface area contributed by atoms with E-state index in [1.807, 2.05) is 6.92 Å². The Labute approximate surface area is 175 Å². The third kappa shape index (κ3) is 3.13. The Morgan fingerprint density at radius 2 is 1.67 bits per heavy atom. The number of halogens is 1. The van der Waals surface area contributed by atoms with E-state index in [1.54, 1.807) is 42.5 Å². The van der Waals surface area contributed by atoms with Crippen LogP contribution < -0.4 is 4.31 Å². The Balaban J connectivity index is 1.95. The molecule has 0 aliphatic carbocycles. The standard InChI is InChI=1S/C24H20FNO3S/c1-3-19-22-20(25)10-7-11-21(22)26(23(19)24(27)17-8-5-4-6-9-17)30(28,29)18-14-12-16(2)13-15-18/h3-15,19,23H,1H2,2H3. The summed E-state index contributed by atoms with van der Waals surface area (Å²) in [6.45, 7) is 5.62. The Morgan fingerprint density at radius 3 is 2.30 bits per heavy atom. The largest absolute Gasteiger partial charge is 0.292 e. The molecule has 6 heteroatoms. The zero-order valence-corrected chi connectivity index (χ0v) is 17.1. The van der Waals surface area contributed by atoms with E-state index in [9.17, 15) is 17.6 Å². The highest BCUT2D eigenvalue weighted by Crippen LogP contribution is 2.46. The van der Waals surface area contributed by atoms with E-state index in [4.69, 9.17) is 0 Å². The number of fused-ring (bicyclic) bond motifs is 1. The molecule has 0 spiro atoms. The molecule has 30 heavy (non-hydrogen) atoms. The third-order valence-corrected chi connectivity index (χ3v) is 7.16. The molecule has 0 saturated heterocycles. The van der Waals surface area contributed by atoms with E-state index >= 15 is 0 Å². The maximum Gasteiger partial charge on any atom is 0.265 e. The first-order chi connectivity index (χ1) is 14.4. The lowest BCUT2D eigenvalue weighted by Gasteiger charge is -2.28. The molecule has 3 aromatic rings. The van der Waals surface area contributed by atoms with E-state index in [0.717, 1.165) is 9.87 Å². The molecular formula is C24H20FNO3S. The van der Waals surface area contributed by atoms with Crippen LogP contribution in [0.25, 0.3) is 0 Å². The van der Waals surface area contributed by atoms with Gasteiger partial charge in [-0.1, -0.05) is 60.2 Å². The van der Waals surface area contributed by atoms with Crippen molar-refractivity contribution in [2.24, 2.45) is 0 Å². The van der Waals surface area contributed by atoms with Gasteiger partial charge in [0.05, 0.1) is 10.6 Å². The minimum atomic E-state index is -4.13. The molecule has 1 heterocycles. The van der Waals surface area contributed by atoms with Gasteiger partial charge >= 0.3 is 0 Å². The Bertz CT molecular complexity index is 1220. The molecule has 0 amide bonds. The fraction of sp³-hybridized carbons (Fsp3) is 0.125. The number of rotatable bonds is 5. The number of hydrogen-bond acceptors (Lipinski definition) is 3. The highest BCUT2D eigenvalue weighted by atomic mass is 32.2. The van der Waals surface area contributed by atoms with Crippen LogP contribution in [0.3, 0.4) is 0 Å². The topological polar surface area (TPSA) is 54.5 Å². The van der Waals surface area contributed by atoms with E-state index in [2.05, 4.69) is 6.58 Å². The highest BCUT2D eigenvalue weighted by molar-refractivity contribution is 7.93. The van der Waals surface area contributed by atoms with Crippen molar-refractivity contribution in [3.63, 3.8) is 0 Å². The van der Waals surface area contributed by atoms with Crippen LogP contribution in [-0.2, 0) is 10.0 Å². The zero-order valence-electron chi connectivity index (χ0n) is 16.3. The Morgan fingerprint density at radius 1 is 1.00 bits per heavy atom. The summed E-state index contributed by atoms with van der Waals surface area (Å²) in [5, 5.41) is 0. The molecule has 0 saturated carbocycles. The average molecular weight is 421 g/mol. The summed E-state index contributed by atoms with van der Waals surface area (Å²) >= 11 is 0. The predicted molar refractivity (Wildman–Crippen MR) is 115 cm³/mol. The molecule has 1 aliphatic heterocycles. The van der Waals surface area contributed by atoms with Crippen molar-refractivity contribution >= 4 is 21.5 Å². The molecule has 1 aliphatic rings. The second-order valence-electron chi connectivity index (χ2n) is 7.22. The molecule has 4 nitrogen and oxygen atoms in total. The number of ketones is 1. The molecule has 0 fully saturated rings. The maximum atomic E-state index is 14.8. The van der Waals surface area contributed by atoms with Crippen molar-refractivity contribution < 1.29 is 17.6 Å². The van der Waals surface area contributed by atoms with Gasteiger partial charge in [0.15, 0.2) is 5.78 Å². The molecule has 0 N–H and O–H groups in total. The van der Waals surface area contributed by atoms with E-state index in [1.165, 1.54) is 36.4 Å². The lowest BCUT2D eigenvalue weighted by molar-refractivity contribution is 0.0960.